The molecule has 0 bridgehead atoms. The quantitative estimate of drug-likeness (QED) is 0.748. The zero-order valence-corrected chi connectivity index (χ0v) is 13.2. The van der Waals surface area contributed by atoms with Crippen molar-refractivity contribution in [3.63, 3.8) is 0 Å². The Bertz CT molecular complexity index is 213. The molecule has 0 aliphatic heterocycles. The van der Waals surface area contributed by atoms with E-state index < -0.39 is 0 Å². The van der Waals surface area contributed by atoms with Crippen LogP contribution in [-0.2, 0) is 0 Å². The highest BCUT2D eigenvalue weighted by Gasteiger charge is 2.31. The molecule has 0 aromatic carbocycles. The van der Waals surface area contributed by atoms with Crippen molar-refractivity contribution in [2.24, 2.45) is 11.8 Å². The summed E-state index contributed by atoms with van der Waals surface area (Å²) in [5.41, 5.74) is 0. The Morgan fingerprint density at radius 3 is 2.33 bits per heavy atom. The average Bonchev–Trinajstić information content (AvgIpc) is 2.40. The van der Waals surface area contributed by atoms with Crippen molar-refractivity contribution in [3.05, 3.63) is 0 Å². The van der Waals surface area contributed by atoms with Crippen LogP contribution in [0.25, 0.3) is 0 Å². The van der Waals surface area contributed by atoms with Crippen LogP contribution in [0.5, 0.6) is 0 Å². The second-order valence-electron chi connectivity index (χ2n) is 6.15. The molecule has 1 N–H and O–H groups in total. The third-order valence-electron chi connectivity index (χ3n) is 4.97. The van der Waals surface area contributed by atoms with Crippen LogP contribution in [0.1, 0.15) is 59.8 Å². The van der Waals surface area contributed by atoms with E-state index in [-0.39, 0.29) is 0 Å². The second-order valence-corrected chi connectivity index (χ2v) is 6.15. The molecule has 0 aromatic rings. The number of nitrogens with one attached hydrogen (secondary N) is 1. The molecule has 0 aromatic heterocycles. The van der Waals surface area contributed by atoms with Crippen molar-refractivity contribution in [2.45, 2.75) is 71.9 Å². The van der Waals surface area contributed by atoms with E-state index in [4.69, 9.17) is 0 Å². The van der Waals surface area contributed by atoms with E-state index in [0.717, 1.165) is 17.9 Å². The van der Waals surface area contributed by atoms with Gasteiger partial charge in [-0.15, -0.1) is 0 Å². The fourth-order valence-corrected chi connectivity index (χ4v) is 3.47. The summed E-state index contributed by atoms with van der Waals surface area (Å²) in [5.74, 6) is 1.77. The lowest BCUT2D eigenvalue weighted by molar-refractivity contribution is 0.0916. The van der Waals surface area contributed by atoms with Crippen molar-refractivity contribution in [1.29, 1.82) is 0 Å². The normalized spacial score (nSPS) is 29.2. The van der Waals surface area contributed by atoms with Gasteiger partial charge in [-0.05, 0) is 44.7 Å². The van der Waals surface area contributed by atoms with Gasteiger partial charge in [-0.3, -0.25) is 4.90 Å². The summed E-state index contributed by atoms with van der Waals surface area (Å²) in [5, 5.41) is 3.56. The lowest BCUT2D eigenvalue weighted by Crippen LogP contribution is -2.53. The van der Waals surface area contributed by atoms with E-state index in [1.54, 1.807) is 0 Å². The summed E-state index contributed by atoms with van der Waals surface area (Å²) >= 11 is 0. The molecule has 2 nitrogen and oxygen atoms in total. The molecule has 0 amide bonds. The van der Waals surface area contributed by atoms with E-state index in [2.05, 4.69) is 45.0 Å². The first-order valence-corrected chi connectivity index (χ1v) is 8.07. The van der Waals surface area contributed by atoms with Crippen LogP contribution in [0.3, 0.4) is 0 Å². The van der Waals surface area contributed by atoms with Gasteiger partial charge in [-0.1, -0.05) is 40.5 Å². The molecular formula is C16H34N2. The number of nitrogens with zero attached hydrogens (tertiary/aromatic N) is 1. The molecule has 1 rings (SSSR count). The Morgan fingerprint density at radius 2 is 1.83 bits per heavy atom. The molecule has 18 heavy (non-hydrogen) atoms. The molecule has 0 spiro atoms. The van der Waals surface area contributed by atoms with Crippen molar-refractivity contribution in [1.82, 2.24) is 10.2 Å². The average molecular weight is 254 g/mol. The first-order chi connectivity index (χ1) is 8.65. The topological polar surface area (TPSA) is 15.3 Å². The minimum atomic E-state index is 0.704. The van der Waals surface area contributed by atoms with Crippen LogP contribution in [0, 0.1) is 11.8 Å². The Hall–Kier alpha value is -0.0800. The monoisotopic (exact) mass is 254 g/mol. The van der Waals surface area contributed by atoms with Crippen LogP contribution < -0.4 is 5.32 Å². The van der Waals surface area contributed by atoms with E-state index >= 15 is 0 Å². The van der Waals surface area contributed by atoms with Gasteiger partial charge in [0.2, 0.25) is 0 Å². The zero-order chi connectivity index (χ0) is 13.5. The Morgan fingerprint density at radius 1 is 1.17 bits per heavy atom. The maximum Gasteiger partial charge on any atom is 0.0251 e. The highest BCUT2D eigenvalue weighted by atomic mass is 15.2. The molecule has 0 heterocycles. The molecule has 108 valence electrons. The fraction of sp³-hybridized carbons (Fsp3) is 1.00. The third-order valence-corrected chi connectivity index (χ3v) is 4.97. The maximum atomic E-state index is 3.56. The number of hydrogen-bond acceptors (Lipinski definition) is 2. The third kappa shape index (κ3) is 4.24. The lowest BCUT2D eigenvalue weighted by Gasteiger charge is -2.43. The summed E-state index contributed by atoms with van der Waals surface area (Å²) in [6, 6.07) is 1.46. The summed E-state index contributed by atoms with van der Waals surface area (Å²) in [7, 11) is 2.14. The smallest absolute Gasteiger partial charge is 0.0251 e. The van der Waals surface area contributed by atoms with Gasteiger partial charge in [-0.25, -0.2) is 0 Å². The molecule has 3 unspecified atom stereocenters. The predicted octanol–water partition coefficient (Wildman–Crippen LogP) is 3.52. The van der Waals surface area contributed by atoms with Gasteiger partial charge in [0.15, 0.2) is 0 Å². The Kier molecular flexibility index (Phi) is 7.25. The summed E-state index contributed by atoms with van der Waals surface area (Å²) in [6.07, 6.45) is 6.75. The summed E-state index contributed by atoms with van der Waals surface area (Å²) in [4.78, 5) is 2.74. The van der Waals surface area contributed by atoms with Gasteiger partial charge in [0.25, 0.3) is 0 Å². The number of likely N-dealkylation sites (N-methyl/N-ethyl adjacent to an activating group) is 2. The van der Waals surface area contributed by atoms with E-state index in [1.807, 2.05) is 0 Å². The van der Waals surface area contributed by atoms with Crippen LogP contribution in [-0.4, -0.2) is 37.1 Å². The molecule has 0 radical (unpaired) electrons. The zero-order valence-electron chi connectivity index (χ0n) is 13.2. The van der Waals surface area contributed by atoms with E-state index in [1.165, 1.54) is 45.2 Å². The second kappa shape index (κ2) is 8.16. The van der Waals surface area contributed by atoms with Crippen LogP contribution >= 0.6 is 0 Å². The van der Waals surface area contributed by atoms with E-state index in [0.29, 0.717) is 6.04 Å². The van der Waals surface area contributed by atoms with Gasteiger partial charge in [0.1, 0.15) is 0 Å². The van der Waals surface area contributed by atoms with Gasteiger partial charge in [0, 0.05) is 18.6 Å². The highest BCUT2D eigenvalue weighted by Crippen LogP contribution is 2.28. The van der Waals surface area contributed by atoms with Gasteiger partial charge in [-0.2, -0.15) is 0 Å². The SMILES string of the molecule is CCC(CC)CN(CC)C1CC(C)CCC1NC. The minimum Gasteiger partial charge on any atom is -0.315 e. The summed E-state index contributed by atoms with van der Waals surface area (Å²) in [6.45, 7) is 11.9. The standard InChI is InChI=1S/C16H34N2/c1-6-14(7-2)12-18(8-3)16-11-13(4)9-10-15(16)17-5/h13-17H,6-12H2,1-5H3. The lowest BCUT2D eigenvalue weighted by atomic mass is 9.82. The van der Waals surface area contributed by atoms with Crippen molar-refractivity contribution in [2.75, 3.05) is 20.1 Å². The van der Waals surface area contributed by atoms with Crippen molar-refractivity contribution >= 4 is 0 Å². The fourth-order valence-electron chi connectivity index (χ4n) is 3.47. The van der Waals surface area contributed by atoms with Crippen molar-refractivity contribution < 1.29 is 0 Å². The molecule has 2 heteroatoms. The summed E-state index contributed by atoms with van der Waals surface area (Å²) < 4.78 is 0. The van der Waals surface area contributed by atoms with Crippen LogP contribution in [0.2, 0.25) is 0 Å². The molecule has 1 aliphatic rings. The largest absolute Gasteiger partial charge is 0.315 e. The Balaban J connectivity index is 2.64. The van der Waals surface area contributed by atoms with Gasteiger partial charge in [0.05, 0.1) is 0 Å². The first kappa shape index (κ1) is 16.0. The van der Waals surface area contributed by atoms with Crippen molar-refractivity contribution in [3.8, 4) is 0 Å². The Labute approximate surface area is 115 Å². The number of rotatable bonds is 7. The molecule has 3 atom stereocenters. The molecule has 0 saturated heterocycles. The van der Waals surface area contributed by atoms with Gasteiger partial charge >= 0.3 is 0 Å². The maximum absolute atomic E-state index is 3.56. The highest BCUT2D eigenvalue weighted by molar-refractivity contribution is 4.89. The van der Waals surface area contributed by atoms with Crippen LogP contribution in [0.4, 0.5) is 0 Å². The predicted molar refractivity (Wildman–Crippen MR) is 81.0 cm³/mol. The molecule has 1 aliphatic carbocycles. The number of hydrogen-bond donors (Lipinski definition) is 1. The van der Waals surface area contributed by atoms with Crippen LogP contribution in [0.15, 0.2) is 0 Å². The molecule has 1 fully saturated rings. The van der Waals surface area contributed by atoms with Gasteiger partial charge < -0.3 is 5.32 Å². The van der Waals surface area contributed by atoms with E-state index in [9.17, 15) is 0 Å². The molecular weight excluding hydrogens is 220 g/mol. The molecule has 1 saturated carbocycles. The first-order valence-electron chi connectivity index (χ1n) is 8.07. The minimum absolute atomic E-state index is 0.704.